The summed E-state index contributed by atoms with van der Waals surface area (Å²) in [6, 6.07) is 16.0. The molecule has 2 aromatic rings. The molecule has 1 aliphatic carbocycles. The highest BCUT2D eigenvalue weighted by atomic mass is 32.2. The number of thioether (sulfide) groups is 1. The molecule has 2 unspecified atom stereocenters. The molecule has 0 saturated carbocycles. The van der Waals surface area contributed by atoms with Crippen LogP contribution in [0.5, 0.6) is 0 Å². The zero-order chi connectivity index (χ0) is 18.5. The van der Waals surface area contributed by atoms with Gasteiger partial charge in [-0.05, 0) is 49.9 Å². The standard InChI is InChI=1S/C21H24N2O2S/c1-14-7-10-17(11-8-14)22-20(24)13-26-15(2)21(25)23-19-12-9-16-5-3-4-6-18(16)19/h3-8,10-11,15,19H,9,12-13H2,1-2H3,(H,22,24)(H,23,25). The van der Waals surface area contributed by atoms with Crippen molar-refractivity contribution in [1.29, 1.82) is 0 Å². The van der Waals surface area contributed by atoms with E-state index in [1.807, 2.05) is 50.2 Å². The van der Waals surface area contributed by atoms with Gasteiger partial charge in [0.05, 0.1) is 17.0 Å². The molecule has 1 aliphatic rings. The van der Waals surface area contributed by atoms with Crippen molar-refractivity contribution in [1.82, 2.24) is 5.32 Å². The Morgan fingerprint density at radius 1 is 1.15 bits per heavy atom. The van der Waals surface area contributed by atoms with Crippen LogP contribution in [-0.4, -0.2) is 22.8 Å². The smallest absolute Gasteiger partial charge is 0.234 e. The number of aryl methyl sites for hydroxylation is 2. The Morgan fingerprint density at radius 2 is 1.88 bits per heavy atom. The SMILES string of the molecule is Cc1ccc(NC(=O)CSC(C)C(=O)NC2CCc3ccccc32)cc1. The third-order valence-electron chi connectivity index (χ3n) is 4.62. The fourth-order valence-electron chi connectivity index (χ4n) is 3.11. The number of fused-ring (bicyclic) bond motifs is 1. The Bertz CT molecular complexity index is 789. The van der Waals surface area contributed by atoms with Gasteiger partial charge in [0.1, 0.15) is 0 Å². The predicted molar refractivity (Wildman–Crippen MR) is 107 cm³/mol. The second-order valence-corrected chi connectivity index (χ2v) is 8.00. The number of nitrogens with one attached hydrogen (secondary N) is 2. The minimum Gasteiger partial charge on any atom is -0.348 e. The van der Waals surface area contributed by atoms with E-state index in [1.54, 1.807) is 0 Å². The highest BCUT2D eigenvalue weighted by Crippen LogP contribution is 2.31. The van der Waals surface area contributed by atoms with Crippen LogP contribution in [0, 0.1) is 6.92 Å². The topological polar surface area (TPSA) is 58.2 Å². The van der Waals surface area contributed by atoms with Gasteiger partial charge in [0.15, 0.2) is 0 Å². The molecule has 0 spiro atoms. The Kier molecular flexibility index (Phi) is 5.99. The molecule has 4 nitrogen and oxygen atoms in total. The Labute approximate surface area is 158 Å². The van der Waals surface area contributed by atoms with Crippen LogP contribution in [0.2, 0.25) is 0 Å². The van der Waals surface area contributed by atoms with Gasteiger partial charge in [-0.3, -0.25) is 9.59 Å². The number of benzene rings is 2. The van der Waals surface area contributed by atoms with Crippen LogP contribution in [0.4, 0.5) is 5.69 Å². The van der Waals surface area contributed by atoms with Crippen molar-refractivity contribution < 1.29 is 9.59 Å². The lowest BCUT2D eigenvalue weighted by atomic mass is 10.1. The van der Waals surface area contributed by atoms with Crippen LogP contribution >= 0.6 is 11.8 Å². The molecule has 0 aromatic heterocycles. The molecule has 0 aliphatic heterocycles. The van der Waals surface area contributed by atoms with E-state index >= 15 is 0 Å². The van der Waals surface area contributed by atoms with Crippen molar-refractivity contribution in [2.45, 2.75) is 38.0 Å². The maximum atomic E-state index is 12.5. The lowest BCUT2D eigenvalue weighted by Crippen LogP contribution is -2.34. The van der Waals surface area contributed by atoms with Crippen molar-refractivity contribution in [2.75, 3.05) is 11.1 Å². The van der Waals surface area contributed by atoms with E-state index in [2.05, 4.69) is 22.8 Å². The number of carbonyl (C=O) groups is 2. The van der Waals surface area contributed by atoms with E-state index in [1.165, 1.54) is 22.9 Å². The van der Waals surface area contributed by atoms with Crippen molar-refractivity contribution in [3.05, 3.63) is 65.2 Å². The second kappa shape index (κ2) is 8.41. The van der Waals surface area contributed by atoms with E-state index in [4.69, 9.17) is 0 Å². The highest BCUT2D eigenvalue weighted by molar-refractivity contribution is 8.01. The maximum Gasteiger partial charge on any atom is 0.234 e. The van der Waals surface area contributed by atoms with Crippen LogP contribution in [0.15, 0.2) is 48.5 Å². The van der Waals surface area contributed by atoms with E-state index < -0.39 is 0 Å². The van der Waals surface area contributed by atoms with Crippen molar-refractivity contribution in [2.24, 2.45) is 0 Å². The van der Waals surface area contributed by atoms with E-state index in [0.29, 0.717) is 0 Å². The first-order valence-corrected chi connectivity index (χ1v) is 9.94. The van der Waals surface area contributed by atoms with Crippen molar-refractivity contribution >= 4 is 29.3 Å². The molecule has 0 heterocycles. The fraction of sp³-hybridized carbons (Fsp3) is 0.333. The summed E-state index contributed by atoms with van der Waals surface area (Å²) in [7, 11) is 0. The molecule has 26 heavy (non-hydrogen) atoms. The summed E-state index contributed by atoms with van der Waals surface area (Å²) in [6.45, 7) is 3.85. The normalized spacial score (nSPS) is 16.6. The molecular formula is C21H24N2O2S. The van der Waals surface area contributed by atoms with E-state index in [-0.39, 0.29) is 28.9 Å². The molecule has 2 N–H and O–H groups in total. The van der Waals surface area contributed by atoms with Gasteiger partial charge in [0, 0.05) is 5.69 Å². The molecular weight excluding hydrogens is 344 g/mol. The van der Waals surface area contributed by atoms with Gasteiger partial charge in [0.25, 0.3) is 0 Å². The maximum absolute atomic E-state index is 12.5. The lowest BCUT2D eigenvalue weighted by molar-refractivity contribution is -0.121. The number of hydrogen-bond donors (Lipinski definition) is 2. The Balaban J connectivity index is 1.46. The zero-order valence-electron chi connectivity index (χ0n) is 15.1. The molecule has 2 amide bonds. The van der Waals surface area contributed by atoms with Crippen molar-refractivity contribution in [3.63, 3.8) is 0 Å². The molecule has 2 aromatic carbocycles. The monoisotopic (exact) mass is 368 g/mol. The molecule has 0 radical (unpaired) electrons. The van der Waals surface area contributed by atoms with E-state index in [0.717, 1.165) is 24.1 Å². The quantitative estimate of drug-likeness (QED) is 0.814. The Hall–Kier alpha value is -2.27. The summed E-state index contributed by atoms with van der Waals surface area (Å²) in [6.07, 6.45) is 1.94. The predicted octanol–water partition coefficient (Wildman–Crippen LogP) is 3.86. The first-order chi connectivity index (χ1) is 12.5. The van der Waals surface area contributed by atoms with Crippen LogP contribution in [0.25, 0.3) is 0 Å². The molecule has 136 valence electrons. The number of amides is 2. The second-order valence-electron chi connectivity index (χ2n) is 6.67. The van der Waals surface area contributed by atoms with Crippen LogP contribution in [0.1, 0.15) is 36.1 Å². The minimum atomic E-state index is -0.272. The zero-order valence-corrected chi connectivity index (χ0v) is 15.9. The summed E-state index contributed by atoms with van der Waals surface area (Å²) in [5.41, 5.74) is 4.46. The van der Waals surface area contributed by atoms with Gasteiger partial charge in [-0.2, -0.15) is 0 Å². The summed E-state index contributed by atoms with van der Waals surface area (Å²) >= 11 is 1.36. The minimum absolute atomic E-state index is 0.0140. The summed E-state index contributed by atoms with van der Waals surface area (Å²) in [5.74, 6) is 0.147. The highest BCUT2D eigenvalue weighted by Gasteiger charge is 2.25. The van der Waals surface area contributed by atoms with Crippen LogP contribution in [0.3, 0.4) is 0 Å². The van der Waals surface area contributed by atoms with Crippen LogP contribution < -0.4 is 10.6 Å². The van der Waals surface area contributed by atoms with Gasteiger partial charge >= 0.3 is 0 Å². The Morgan fingerprint density at radius 3 is 2.65 bits per heavy atom. The van der Waals surface area contributed by atoms with Gasteiger partial charge in [-0.25, -0.2) is 0 Å². The first-order valence-electron chi connectivity index (χ1n) is 8.89. The van der Waals surface area contributed by atoms with Gasteiger partial charge in [0.2, 0.25) is 11.8 Å². The van der Waals surface area contributed by atoms with Gasteiger partial charge in [-0.15, -0.1) is 11.8 Å². The molecule has 0 bridgehead atoms. The lowest BCUT2D eigenvalue weighted by Gasteiger charge is -2.17. The number of anilines is 1. The number of hydrogen-bond acceptors (Lipinski definition) is 3. The summed E-state index contributed by atoms with van der Waals surface area (Å²) in [4.78, 5) is 24.5. The van der Waals surface area contributed by atoms with Crippen molar-refractivity contribution in [3.8, 4) is 0 Å². The third-order valence-corrected chi connectivity index (χ3v) is 5.76. The van der Waals surface area contributed by atoms with Gasteiger partial charge < -0.3 is 10.6 Å². The molecule has 2 atom stereocenters. The molecule has 0 fully saturated rings. The summed E-state index contributed by atoms with van der Waals surface area (Å²) in [5, 5.41) is 5.71. The fourth-order valence-corrected chi connectivity index (χ4v) is 3.80. The molecule has 0 saturated heterocycles. The average Bonchev–Trinajstić information content (AvgIpc) is 3.04. The first kappa shape index (κ1) is 18.5. The van der Waals surface area contributed by atoms with E-state index in [9.17, 15) is 9.59 Å². The largest absolute Gasteiger partial charge is 0.348 e. The number of rotatable bonds is 6. The third kappa shape index (κ3) is 4.67. The summed E-state index contributed by atoms with van der Waals surface area (Å²) < 4.78 is 0. The number of carbonyl (C=O) groups excluding carboxylic acids is 2. The molecule has 5 heteroatoms. The average molecular weight is 369 g/mol. The molecule has 3 rings (SSSR count). The van der Waals surface area contributed by atoms with Crippen LogP contribution in [-0.2, 0) is 16.0 Å². The van der Waals surface area contributed by atoms with Gasteiger partial charge in [-0.1, -0.05) is 42.0 Å².